The number of likely N-dealkylation sites (tertiary alicyclic amines) is 1. The Bertz CT molecular complexity index is 495. The second kappa shape index (κ2) is 4.83. The molecule has 1 unspecified atom stereocenters. The lowest BCUT2D eigenvalue weighted by Crippen LogP contribution is -2.35. The monoisotopic (exact) mass is 261 g/mol. The van der Waals surface area contributed by atoms with E-state index in [1.807, 2.05) is 18.2 Å². The van der Waals surface area contributed by atoms with Gasteiger partial charge in [0, 0.05) is 30.4 Å². The van der Waals surface area contributed by atoms with E-state index in [2.05, 4.69) is 17.3 Å². The average molecular weight is 261 g/mol. The molecular weight excluding hydrogens is 242 g/mol. The summed E-state index contributed by atoms with van der Waals surface area (Å²) < 4.78 is 5.98. The Labute approximate surface area is 112 Å². The molecule has 0 radical (unpaired) electrons. The Morgan fingerprint density at radius 1 is 1.37 bits per heavy atom. The Kier molecular flexibility index (Phi) is 3.16. The molecule has 3 N–H and O–H groups in total. The highest BCUT2D eigenvalue weighted by atomic mass is 16.5. The molecule has 3 rings (SSSR count). The molecule has 2 aliphatic rings. The molecule has 1 saturated heterocycles. The van der Waals surface area contributed by atoms with E-state index in [-0.39, 0.29) is 12.0 Å². The maximum Gasteiger partial charge on any atom is 0.245 e. The fraction of sp³-hybridized carbons (Fsp3) is 0.500. The summed E-state index contributed by atoms with van der Waals surface area (Å²) in [6, 6.07) is 5.10. The van der Waals surface area contributed by atoms with Gasteiger partial charge in [-0.1, -0.05) is 6.07 Å². The largest absolute Gasteiger partial charge is 0.490 e. The van der Waals surface area contributed by atoms with Crippen LogP contribution in [-0.4, -0.2) is 37.0 Å². The minimum atomic E-state index is -0.549. The highest BCUT2D eigenvalue weighted by Crippen LogP contribution is 2.33. The number of rotatable bonds is 2. The van der Waals surface area contributed by atoms with Crippen LogP contribution in [-0.2, 0) is 4.79 Å². The first-order valence-electron chi connectivity index (χ1n) is 6.69. The number of carbonyl (C=O) groups is 1. The summed E-state index contributed by atoms with van der Waals surface area (Å²) in [5.41, 5.74) is 7.41. The van der Waals surface area contributed by atoms with Crippen LogP contribution in [0, 0.1) is 0 Å². The van der Waals surface area contributed by atoms with Crippen molar-refractivity contribution in [1.82, 2.24) is 4.90 Å². The Balaban J connectivity index is 1.70. The van der Waals surface area contributed by atoms with Gasteiger partial charge in [-0.3, -0.25) is 4.79 Å². The molecule has 0 bridgehead atoms. The number of carbonyl (C=O) groups excluding carboxylic acids is 1. The third kappa shape index (κ3) is 2.43. The highest BCUT2D eigenvalue weighted by molar-refractivity contribution is 6.02. The van der Waals surface area contributed by atoms with Crippen molar-refractivity contribution < 1.29 is 9.53 Å². The summed E-state index contributed by atoms with van der Waals surface area (Å²) in [5, 5.41) is 2.78. The number of nitrogens with one attached hydrogen (secondary N) is 1. The van der Waals surface area contributed by atoms with Gasteiger partial charge in [0.25, 0.3) is 0 Å². The number of piperidine rings is 1. The highest BCUT2D eigenvalue weighted by Gasteiger charge is 2.27. The van der Waals surface area contributed by atoms with Crippen LogP contribution in [0.3, 0.4) is 0 Å². The number of ether oxygens (including phenoxy) is 1. The molecule has 0 aromatic heterocycles. The molecule has 1 atom stereocenters. The minimum Gasteiger partial charge on any atom is -0.490 e. The standard InChI is InChI=1S/C14H19N3O2/c1-17-6-4-9(5-7-17)19-10-2-3-11-12(8-10)16-14(18)13(11)15/h2-3,8-9,13H,4-7,15H2,1H3,(H,16,18). The maximum atomic E-state index is 11.5. The molecule has 19 heavy (non-hydrogen) atoms. The fourth-order valence-electron chi connectivity index (χ4n) is 2.64. The summed E-state index contributed by atoms with van der Waals surface area (Å²) in [5.74, 6) is 0.661. The van der Waals surface area contributed by atoms with Gasteiger partial charge < -0.3 is 20.7 Å². The SMILES string of the molecule is CN1CCC(Oc2ccc3c(c2)NC(=O)C3N)CC1. The van der Waals surface area contributed by atoms with Crippen molar-refractivity contribution >= 4 is 11.6 Å². The molecule has 2 aliphatic heterocycles. The number of hydrogen-bond acceptors (Lipinski definition) is 4. The molecule has 5 nitrogen and oxygen atoms in total. The van der Waals surface area contributed by atoms with Gasteiger partial charge in [0.15, 0.2) is 0 Å². The Morgan fingerprint density at radius 3 is 2.84 bits per heavy atom. The Morgan fingerprint density at radius 2 is 2.11 bits per heavy atom. The second-order valence-corrected chi connectivity index (χ2v) is 5.34. The quantitative estimate of drug-likeness (QED) is 0.837. The van der Waals surface area contributed by atoms with Crippen LogP contribution in [0.1, 0.15) is 24.4 Å². The van der Waals surface area contributed by atoms with E-state index in [0.717, 1.165) is 42.9 Å². The molecule has 2 heterocycles. The van der Waals surface area contributed by atoms with Gasteiger partial charge in [0.1, 0.15) is 17.9 Å². The summed E-state index contributed by atoms with van der Waals surface area (Å²) in [7, 11) is 2.13. The van der Waals surface area contributed by atoms with Crippen molar-refractivity contribution in [3.8, 4) is 5.75 Å². The van der Waals surface area contributed by atoms with E-state index in [1.54, 1.807) is 0 Å². The van der Waals surface area contributed by atoms with E-state index in [1.165, 1.54) is 0 Å². The van der Waals surface area contributed by atoms with Gasteiger partial charge in [-0.25, -0.2) is 0 Å². The van der Waals surface area contributed by atoms with E-state index < -0.39 is 6.04 Å². The van der Waals surface area contributed by atoms with E-state index >= 15 is 0 Å². The lowest BCUT2D eigenvalue weighted by atomic mass is 10.1. The molecule has 1 aromatic carbocycles. The van der Waals surface area contributed by atoms with Gasteiger partial charge in [-0.05, 0) is 26.0 Å². The number of hydrogen-bond donors (Lipinski definition) is 2. The van der Waals surface area contributed by atoms with Crippen LogP contribution in [0.4, 0.5) is 5.69 Å². The number of amides is 1. The zero-order valence-electron chi connectivity index (χ0n) is 11.1. The van der Waals surface area contributed by atoms with E-state index in [9.17, 15) is 4.79 Å². The summed E-state index contributed by atoms with van der Waals surface area (Å²) >= 11 is 0. The second-order valence-electron chi connectivity index (χ2n) is 5.34. The summed E-state index contributed by atoms with van der Waals surface area (Å²) in [4.78, 5) is 13.8. The lowest BCUT2D eigenvalue weighted by Gasteiger charge is -2.29. The van der Waals surface area contributed by atoms with Gasteiger partial charge in [0.05, 0.1) is 0 Å². The number of benzene rings is 1. The predicted molar refractivity (Wildman–Crippen MR) is 73.1 cm³/mol. The van der Waals surface area contributed by atoms with Crippen molar-refractivity contribution in [2.75, 3.05) is 25.5 Å². The van der Waals surface area contributed by atoms with Crippen molar-refractivity contribution in [2.24, 2.45) is 5.73 Å². The molecule has 0 aliphatic carbocycles. The van der Waals surface area contributed by atoms with Crippen molar-refractivity contribution in [3.05, 3.63) is 23.8 Å². The minimum absolute atomic E-state index is 0.147. The summed E-state index contributed by atoms with van der Waals surface area (Å²) in [6.45, 7) is 2.13. The topological polar surface area (TPSA) is 67.6 Å². The van der Waals surface area contributed by atoms with Crippen molar-refractivity contribution in [1.29, 1.82) is 0 Å². The fourth-order valence-corrected chi connectivity index (χ4v) is 2.64. The van der Waals surface area contributed by atoms with E-state index in [4.69, 9.17) is 10.5 Å². The first-order valence-corrected chi connectivity index (χ1v) is 6.69. The van der Waals surface area contributed by atoms with Gasteiger partial charge in [0.2, 0.25) is 5.91 Å². The molecule has 0 saturated carbocycles. The zero-order chi connectivity index (χ0) is 13.4. The normalized spacial score (nSPS) is 24.1. The number of anilines is 1. The lowest BCUT2D eigenvalue weighted by molar-refractivity contribution is -0.116. The molecule has 1 fully saturated rings. The third-order valence-electron chi connectivity index (χ3n) is 3.87. The van der Waals surface area contributed by atoms with Crippen LogP contribution >= 0.6 is 0 Å². The number of nitrogens with zero attached hydrogens (tertiary/aromatic N) is 1. The molecule has 1 aromatic rings. The molecule has 102 valence electrons. The van der Waals surface area contributed by atoms with Crippen molar-refractivity contribution in [3.63, 3.8) is 0 Å². The first kappa shape index (κ1) is 12.4. The molecule has 1 amide bonds. The molecule has 0 spiro atoms. The van der Waals surface area contributed by atoms with Crippen LogP contribution < -0.4 is 15.8 Å². The summed E-state index contributed by atoms with van der Waals surface area (Å²) in [6.07, 6.45) is 2.35. The number of nitrogens with two attached hydrogens (primary N) is 1. The molecule has 5 heteroatoms. The van der Waals surface area contributed by atoms with Gasteiger partial charge in [-0.15, -0.1) is 0 Å². The van der Waals surface area contributed by atoms with Crippen LogP contribution in [0.5, 0.6) is 5.75 Å². The van der Waals surface area contributed by atoms with E-state index in [0.29, 0.717) is 0 Å². The smallest absolute Gasteiger partial charge is 0.245 e. The Hall–Kier alpha value is -1.59. The maximum absolute atomic E-state index is 11.5. The van der Waals surface area contributed by atoms with Crippen LogP contribution in [0.25, 0.3) is 0 Å². The van der Waals surface area contributed by atoms with Gasteiger partial charge in [-0.2, -0.15) is 0 Å². The van der Waals surface area contributed by atoms with Crippen molar-refractivity contribution in [2.45, 2.75) is 25.0 Å². The third-order valence-corrected chi connectivity index (χ3v) is 3.87. The predicted octanol–water partition coefficient (Wildman–Crippen LogP) is 1.11. The zero-order valence-corrected chi connectivity index (χ0v) is 11.1. The first-order chi connectivity index (χ1) is 9.13. The molecular formula is C14H19N3O2. The average Bonchev–Trinajstić information content (AvgIpc) is 2.68. The number of fused-ring (bicyclic) bond motifs is 1. The van der Waals surface area contributed by atoms with Crippen LogP contribution in [0.15, 0.2) is 18.2 Å². The van der Waals surface area contributed by atoms with Gasteiger partial charge >= 0.3 is 0 Å². The van der Waals surface area contributed by atoms with Crippen LogP contribution in [0.2, 0.25) is 0 Å².